The summed E-state index contributed by atoms with van der Waals surface area (Å²) in [5.74, 6) is 0. The normalized spacial score (nSPS) is 22.6. The highest BCUT2D eigenvalue weighted by Gasteiger charge is 2.16. The standard InChI is InChI=1S/C13H27NO5/c1-16-9-13(17-2)7-14-6-11(15)8-18-10-12-4-3-5-19-12/h11-15H,3-10H2,1-2H3. The Morgan fingerprint density at radius 1 is 1.32 bits per heavy atom. The quantitative estimate of drug-likeness (QED) is 0.545. The molecule has 1 heterocycles. The molecule has 1 saturated heterocycles. The van der Waals surface area contributed by atoms with E-state index in [0.717, 1.165) is 19.4 Å². The lowest BCUT2D eigenvalue weighted by atomic mass is 10.2. The minimum Gasteiger partial charge on any atom is -0.389 e. The molecule has 3 unspecified atom stereocenters. The van der Waals surface area contributed by atoms with Crippen molar-refractivity contribution in [2.24, 2.45) is 0 Å². The molecular weight excluding hydrogens is 250 g/mol. The highest BCUT2D eigenvalue weighted by atomic mass is 16.5. The third-order valence-electron chi connectivity index (χ3n) is 3.08. The molecular formula is C13H27NO5. The maximum atomic E-state index is 9.74. The van der Waals surface area contributed by atoms with Crippen molar-refractivity contribution in [2.75, 3.05) is 53.7 Å². The number of nitrogens with one attached hydrogen (secondary N) is 1. The summed E-state index contributed by atoms with van der Waals surface area (Å²) in [5, 5.41) is 12.9. The topological polar surface area (TPSA) is 69.2 Å². The molecule has 6 nitrogen and oxygen atoms in total. The highest BCUT2D eigenvalue weighted by Crippen LogP contribution is 2.11. The molecule has 114 valence electrons. The third-order valence-corrected chi connectivity index (χ3v) is 3.08. The molecule has 0 aromatic rings. The van der Waals surface area contributed by atoms with Crippen molar-refractivity contribution in [3.8, 4) is 0 Å². The highest BCUT2D eigenvalue weighted by molar-refractivity contribution is 4.66. The average molecular weight is 277 g/mol. The summed E-state index contributed by atoms with van der Waals surface area (Å²) in [6, 6.07) is 0. The first-order valence-corrected chi connectivity index (χ1v) is 6.86. The number of hydrogen-bond donors (Lipinski definition) is 2. The first-order chi connectivity index (χ1) is 9.26. The third kappa shape index (κ3) is 7.81. The summed E-state index contributed by atoms with van der Waals surface area (Å²) in [6.07, 6.45) is 1.86. The zero-order valence-electron chi connectivity index (χ0n) is 12.0. The van der Waals surface area contributed by atoms with E-state index in [1.54, 1.807) is 14.2 Å². The van der Waals surface area contributed by atoms with Gasteiger partial charge in [-0.15, -0.1) is 0 Å². The first-order valence-electron chi connectivity index (χ1n) is 6.86. The van der Waals surface area contributed by atoms with Gasteiger partial charge in [-0.25, -0.2) is 0 Å². The molecule has 1 aliphatic heterocycles. The van der Waals surface area contributed by atoms with Crippen molar-refractivity contribution in [1.29, 1.82) is 0 Å². The van der Waals surface area contributed by atoms with Gasteiger partial charge in [0.25, 0.3) is 0 Å². The van der Waals surface area contributed by atoms with Gasteiger partial charge in [-0.2, -0.15) is 0 Å². The van der Waals surface area contributed by atoms with Crippen LogP contribution in [0.25, 0.3) is 0 Å². The van der Waals surface area contributed by atoms with E-state index in [1.165, 1.54) is 0 Å². The summed E-state index contributed by atoms with van der Waals surface area (Å²) in [6.45, 7) is 3.39. The van der Waals surface area contributed by atoms with Gasteiger partial charge < -0.3 is 29.4 Å². The summed E-state index contributed by atoms with van der Waals surface area (Å²) in [7, 11) is 3.28. The number of aliphatic hydroxyl groups is 1. The van der Waals surface area contributed by atoms with E-state index in [1.807, 2.05) is 0 Å². The molecule has 0 spiro atoms. The largest absolute Gasteiger partial charge is 0.389 e. The Bertz CT molecular complexity index is 211. The van der Waals surface area contributed by atoms with Crippen LogP contribution in [-0.4, -0.2) is 77.2 Å². The average Bonchev–Trinajstić information content (AvgIpc) is 2.91. The van der Waals surface area contributed by atoms with Gasteiger partial charge in [0, 0.05) is 33.9 Å². The molecule has 6 heteroatoms. The van der Waals surface area contributed by atoms with E-state index in [2.05, 4.69) is 5.32 Å². The summed E-state index contributed by atoms with van der Waals surface area (Å²) < 4.78 is 21.1. The molecule has 1 fully saturated rings. The number of ether oxygens (including phenoxy) is 4. The van der Waals surface area contributed by atoms with Crippen LogP contribution < -0.4 is 5.32 Å². The van der Waals surface area contributed by atoms with Gasteiger partial charge in [0.1, 0.15) is 0 Å². The minimum absolute atomic E-state index is 0.00464. The summed E-state index contributed by atoms with van der Waals surface area (Å²) in [5.41, 5.74) is 0. The van der Waals surface area contributed by atoms with E-state index in [0.29, 0.717) is 32.9 Å². The minimum atomic E-state index is -0.513. The summed E-state index contributed by atoms with van der Waals surface area (Å²) >= 11 is 0. The Labute approximate surface area is 115 Å². The van der Waals surface area contributed by atoms with Gasteiger partial charge in [-0.1, -0.05) is 0 Å². The molecule has 0 aromatic heterocycles. The lowest BCUT2D eigenvalue weighted by molar-refractivity contribution is -0.0182. The van der Waals surface area contributed by atoms with E-state index in [9.17, 15) is 5.11 Å². The molecule has 0 radical (unpaired) electrons. The van der Waals surface area contributed by atoms with Crippen LogP contribution in [0.5, 0.6) is 0 Å². The van der Waals surface area contributed by atoms with Crippen molar-refractivity contribution in [2.45, 2.75) is 31.2 Å². The zero-order valence-corrected chi connectivity index (χ0v) is 12.0. The van der Waals surface area contributed by atoms with Gasteiger partial charge >= 0.3 is 0 Å². The van der Waals surface area contributed by atoms with Crippen molar-refractivity contribution < 1.29 is 24.1 Å². The van der Waals surface area contributed by atoms with Crippen LogP contribution in [0.4, 0.5) is 0 Å². The maximum absolute atomic E-state index is 9.74. The summed E-state index contributed by atoms with van der Waals surface area (Å²) in [4.78, 5) is 0. The van der Waals surface area contributed by atoms with E-state index in [4.69, 9.17) is 18.9 Å². The fourth-order valence-corrected chi connectivity index (χ4v) is 1.98. The number of hydrogen-bond acceptors (Lipinski definition) is 6. The Morgan fingerprint density at radius 3 is 2.79 bits per heavy atom. The van der Waals surface area contributed by atoms with Gasteiger partial charge in [0.15, 0.2) is 0 Å². The second kappa shape index (κ2) is 10.5. The fraction of sp³-hybridized carbons (Fsp3) is 1.00. The molecule has 3 atom stereocenters. The molecule has 0 aromatic carbocycles. The van der Waals surface area contributed by atoms with E-state index < -0.39 is 6.10 Å². The van der Waals surface area contributed by atoms with Crippen LogP contribution in [0.3, 0.4) is 0 Å². The lowest BCUT2D eigenvalue weighted by Gasteiger charge is -2.17. The van der Waals surface area contributed by atoms with Crippen LogP contribution in [0.2, 0.25) is 0 Å². The number of rotatable bonds is 11. The van der Waals surface area contributed by atoms with Gasteiger partial charge in [0.2, 0.25) is 0 Å². The van der Waals surface area contributed by atoms with Crippen LogP contribution in [0.1, 0.15) is 12.8 Å². The van der Waals surface area contributed by atoms with E-state index in [-0.39, 0.29) is 12.2 Å². The Kier molecular flexibility index (Phi) is 9.32. The van der Waals surface area contributed by atoms with E-state index >= 15 is 0 Å². The molecule has 0 saturated carbocycles. The second-order valence-corrected chi connectivity index (χ2v) is 4.80. The molecule has 1 aliphatic rings. The second-order valence-electron chi connectivity index (χ2n) is 4.80. The number of aliphatic hydroxyl groups excluding tert-OH is 1. The SMILES string of the molecule is COCC(CNCC(O)COCC1CCCO1)OC. The Morgan fingerprint density at radius 2 is 2.16 bits per heavy atom. The van der Waals surface area contributed by atoms with Crippen molar-refractivity contribution in [3.05, 3.63) is 0 Å². The van der Waals surface area contributed by atoms with Crippen molar-refractivity contribution >= 4 is 0 Å². The molecule has 1 rings (SSSR count). The zero-order chi connectivity index (χ0) is 13.9. The number of methoxy groups -OCH3 is 2. The molecule has 0 bridgehead atoms. The molecule has 0 amide bonds. The van der Waals surface area contributed by atoms with Crippen molar-refractivity contribution in [1.82, 2.24) is 5.32 Å². The Balaban J connectivity index is 1.96. The fourth-order valence-electron chi connectivity index (χ4n) is 1.98. The van der Waals surface area contributed by atoms with Crippen LogP contribution >= 0.6 is 0 Å². The predicted octanol–water partition coefficient (Wildman–Crippen LogP) is -0.206. The molecule has 19 heavy (non-hydrogen) atoms. The molecule has 2 N–H and O–H groups in total. The maximum Gasteiger partial charge on any atom is 0.0928 e. The smallest absolute Gasteiger partial charge is 0.0928 e. The van der Waals surface area contributed by atoms with Gasteiger partial charge in [-0.05, 0) is 12.8 Å². The van der Waals surface area contributed by atoms with Crippen LogP contribution in [0.15, 0.2) is 0 Å². The lowest BCUT2D eigenvalue weighted by Crippen LogP contribution is -2.38. The van der Waals surface area contributed by atoms with Crippen LogP contribution in [0, 0.1) is 0 Å². The predicted molar refractivity (Wildman–Crippen MR) is 71.3 cm³/mol. The van der Waals surface area contributed by atoms with Crippen LogP contribution in [-0.2, 0) is 18.9 Å². The Hall–Kier alpha value is -0.240. The van der Waals surface area contributed by atoms with Gasteiger partial charge in [0.05, 0.1) is 38.1 Å². The molecule has 0 aliphatic carbocycles. The van der Waals surface area contributed by atoms with Gasteiger partial charge in [-0.3, -0.25) is 0 Å². The first kappa shape index (κ1) is 16.8. The van der Waals surface area contributed by atoms with Crippen molar-refractivity contribution in [3.63, 3.8) is 0 Å². The monoisotopic (exact) mass is 277 g/mol.